The summed E-state index contributed by atoms with van der Waals surface area (Å²) in [7, 11) is 1.59. The Hall–Kier alpha value is -1.52. The minimum Gasteiger partial charge on any atom is -0.490 e. The van der Waals surface area contributed by atoms with Crippen LogP contribution in [0.2, 0.25) is 0 Å². The molecule has 0 amide bonds. The summed E-state index contributed by atoms with van der Waals surface area (Å²) in [6.45, 7) is 8.20. The molecule has 0 radical (unpaired) electrons. The molecule has 0 fully saturated rings. The maximum Gasteiger partial charge on any atom is 0.204 e. The summed E-state index contributed by atoms with van der Waals surface area (Å²) in [6, 6.07) is 0. The van der Waals surface area contributed by atoms with Gasteiger partial charge in [0.05, 0.1) is 7.11 Å². The summed E-state index contributed by atoms with van der Waals surface area (Å²) in [5, 5.41) is 0. The molecule has 1 aromatic rings. The normalized spacial score (nSPS) is 10.6. The zero-order chi connectivity index (χ0) is 12.1. The number of ether oxygens (including phenoxy) is 1. The molecule has 0 aromatic carbocycles. The summed E-state index contributed by atoms with van der Waals surface area (Å²) >= 11 is 0. The Labute approximate surface area is 96.6 Å². The van der Waals surface area contributed by atoms with Crippen molar-refractivity contribution in [2.45, 2.75) is 20.8 Å². The molecule has 1 heterocycles. The van der Waals surface area contributed by atoms with Crippen LogP contribution in [0.5, 0.6) is 5.75 Å². The van der Waals surface area contributed by atoms with Gasteiger partial charge in [-0.05, 0) is 12.8 Å². The van der Waals surface area contributed by atoms with Crippen LogP contribution < -0.4 is 15.4 Å². The largest absolute Gasteiger partial charge is 0.490 e. The van der Waals surface area contributed by atoms with E-state index in [2.05, 4.69) is 35.6 Å². The number of aromatic nitrogens is 2. The molecule has 0 atom stereocenters. The SMILES string of the molecule is CCN(CC(C)C)c1ncnc(N)c1OC. The summed E-state index contributed by atoms with van der Waals surface area (Å²) < 4.78 is 5.25. The molecule has 0 unspecified atom stereocenters. The van der Waals surface area contributed by atoms with Crippen LogP contribution in [0.3, 0.4) is 0 Å². The van der Waals surface area contributed by atoms with Gasteiger partial charge in [0.2, 0.25) is 5.75 Å². The molecule has 1 rings (SSSR count). The van der Waals surface area contributed by atoms with E-state index in [-0.39, 0.29) is 0 Å². The Morgan fingerprint density at radius 2 is 2.12 bits per heavy atom. The maximum absolute atomic E-state index is 5.75. The van der Waals surface area contributed by atoms with Gasteiger partial charge in [-0.1, -0.05) is 13.8 Å². The molecule has 1 aromatic heterocycles. The van der Waals surface area contributed by atoms with E-state index in [0.717, 1.165) is 18.9 Å². The van der Waals surface area contributed by atoms with Gasteiger partial charge in [-0.25, -0.2) is 9.97 Å². The van der Waals surface area contributed by atoms with Crippen molar-refractivity contribution in [1.82, 2.24) is 9.97 Å². The first-order valence-electron chi connectivity index (χ1n) is 5.49. The predicted octanol–water partition coefficient (Wildman–Crippen LogP) is 1.55. The van der Waals surface area contributed by atoms with E-state index < -0.39 is 0 Å². The Morgan fingerprint density at radius 3 is 2.62 bits per heavy atom. The third-order valence-corrected chi connectivity index (χ3v) is 2.28. The average Bonchev–Trinajstić information content (AvgIpc) is 2.25. The lowest BCUT2D eigenvalue weighted by Gasteiger charge is -2.25. The molecular formula is C11H20N4O. The molecule has 90 valence electrons. The first-order chi connectivity index (χ1) is 7.60. The second kappa shape index (κ2) is 5.53. The molecule has 0 aliphatic carbocycles. The fraction of sp³-hybridized carbons (Fsp3) is 0.636. The van der Waals surface area contributed by atoms with Crippen LogP contribution in [0.25, 0.3) is 0 Å². The van der Waals surface area contributed by atoms with E-state index in [1.54, 1.807) is 7.11 Å². The zero-order valence-corrected chi connectivity index (χ0v) is 10.4. The molecule has 0 spiro atoms. The Morgan fingerprint density at radius 1 is 1.44 bits per heavy atom. The number of rotatable bonds is 5. The fourth-order valence-electron chi connectivity index (χ4n) is 1.60. The highest BCUT2D eigenvalue weighted by atomic mass is 16.5. The standard InChI is InChI=1S/C11H20N4O/c1-5-15(6-8(2)3)11-9(16-4)10(12)13-7-14-11/h7-8H,5-6H2,1-4H3,(H2,12,13,14). The molecule has 0 saturated heterocycles. The van der Waals surface area contributed by atoms with E-state index >= 15 is 0 Å². The van der Waals surface area contributed by atoms with Crippen LogP contribution in [0.4, 0.5) is 11.6 Å². The second-order valence-electron chi connectivity index (χ2n) is 4.05. The average molecular weight is 224 g/mol. The smallest absolute Gasteiger partial charge is 0.204 e. The number of hydrogen-bond donors (Lipinski definition) is 1. The van der Waals surface area contributed by atoms with Crippen LogP contribution >= 0.6 is 0 Å². The Bertz CT molecular complexity index is 341. The quantitative estimate of drug-likeness (QED) is 0.822. The number of hydrogen-bond acceptors (Lipinski definition) is 5. The summed E-state index contributed by atoms with van der Waals surface area (Å²) in [4.78, 5) is 10.3. The lowest BCUT2D eigenvalue weighted by atomic mass is 10.2. The summed E-state index contributed by atoms with van der Waals surface area (Å²) in [5.74, 6) is 2.27. The van der Waals surface area contributed by atoms with E-state index in [1.807, 2.05) is 0 Å². The van der Waals surface area contributed by atoms with Gasteiger partial charge in [-0.15, -0.1) is 0 Å². The number of anilines is 2. The van der Waals surface area contributed by atoms with Crippen molar-refractivity contribution in [2.75, 3.05) is 30.8 Å². The van der Waals surface area contributed by atoms with Gasteiger partial charge >= 0.3 is 0 Å². The summed E-state index contributed by atoms with van der Waals surface area (Å²) in [5.41, 5.74) is 5.75. The zero-order valence-electron chi connectivity index (χ0n) is 10.4. The van der Waals surface area contributed by atoms with Crippen molar-refractivity contribution >= 4 is 11.6 Å². The Balaban J connectivity index is 3.04. The van der Waals surface area contributed by atoms with Crippen LogP contribution in [0.15, 0.2) is 6.33 Å². The first-order valence-corrected chi connectivity index (χ1v) is 5.49. The second-order valence-corrected chi connectivity index (χ2v) is 4.05. The van der Waals surface area contributed by atoms with Crippen molar-refractivity contribution < 1.29 is 4.74 Å². The van der Waals surface area contributed by atoms with Crippen LogP contribution in [-0.2, 0) is 0 Å². The molecule has 5 nitrogen and oxygen atoms in total. The highest BCUT2D eigenvalue weighted by Crippen LogP contribution is 2.29. The number of nitrogens with zero attached hydrogens (tertiary/aromatic N) is 3. The van der Waals surface area contributed by atoms with E-state index in [9.17, 15) is 0 Å². The minimum absolute atomic E-state index is 0.384. The van der Waals surface area contributed by atoms with Gasteiger partial charge in [0.1, 0.15) is 6.33 Å². The first kappa shape index (κ1) is 12.5. The molecule has 16 heavy (non-hydrogen) atoms. The maximum atomic E-state index is 5.75. The van der Waals surface area contributed by atoms with E-state index in [4.69, 9.17) is 10.5 Å². The fourth-order valence-corrected chi connectivity index (χ4v) is 1.60. The Kier molecular flexibility index (Phi) is 4.34. The van der Waals surface area contributed by atoms with Crippen molar-refractivity contribution in [1.29, 1.82) is 0 Å². The highest BCUT2D eigenvalue weighted by molar-refractivity contribution is 5.62. The highest BCUT2D eigenvalue weighted by Gasteiger charge is 2.16. The van der Waals surface area contributed by atoms with Gasteiger partial charge in [-0.2, -0.15) is 0 Å². The molecule has 0 aliphatic rings. The van der Waals surface area contributed by atoms with Gasteiger partial charge in [0.25, 0.3) is 0 Å². The van der Waals surface area contributed by atoms with Crippen molar-refractivity contribution in [3.8, 4) is 5.75 Å². The minimum atomic E-state index is 0.384. The monoisotopic (exact) mass is 224 g/mol. The van der Waals surface area contributed by atoms with E-state index in [1.165, 1.54) is 6.33 Å². The van der Waals surface area contributed by atoms with Gasteiger partial charge in [-0.3, -0.25) is 0 Å². The summed E-state index contributed by atoms with van der Waals surface area (Å²) in [6.07, 6.45) is 1.47. The van der Waals surface area contributed by atoms with Gasteiger partial charge < -0.3 is 15.4 Å². The molecule has 0 bridgehead atoms. The molecule has 2 N–H and O–H groups in total. The van der Waals surface area contributed by atoms with Crippen LogP contribution in [0.1, 0.15) is 20.8 Å². The van der Waals surface area contributed by atoms with Crippen molar-refractivity contribution in [3.63, 3.8) is 0 Å². The van der Waals surface area contributed by atoms with Gasteiger partial charge in [0, 0.05) is 13.1 Å². The lowest BCUT2D eigenvalue weighted by Crippen LogP contribution is -2.28. The van der Waals surface area contributed by atoms with Crippen molar-refractivity contribution in [3.05, 3.63) is 6.33 Å². The lowest BCUT2D eigenvalue weighted by molar-refractivity contribution is 0.412. The third kappa shape index (κ3) is 2.74. The topological polar surface area (TPSA) is 64.3 Å². The molecule has 0 saturated carbocycles. The predicted molar refractivity (Wildman–Crippen MR) is 65.7 cm³/mol. The van der Waals surface area contributed by atoms with E-state index in [0.29, 0.717) is 17.5 Å². The van der Waals surface area contributed by atoms with Crippen LogP contribution in [-0.4, -0.2) is 30.2 Å². The van der Waals surface area contributed by atoms with Crippen LogP contribution in [0, 0.1) is 5.92 Å². The van der Waals surface area contributed by atoms with Crippen molar-refractivity contribution in [2.24, 2.45) is 5.92 Å². The number of nitrogens with two attached hydrogens (primary N) is 1. The number of nitrogen functional groups attached to an aromatic ring is 1. The molecule has 0 aliphatic heterocycles. The number of methoxy groups -OCH3 is 1. The van der Waals surface area contributed by atoms with Gasteiger partial charge in [0.15, 0.2) is 11.6 Å². The molecular weight excluding hydrogens is 204 g/mol. The third-order valence-electron chi connectivity index (χ3n) is 2.28. The molecule has 5 heteroatoms.